The van der Waals surface area contributed by atoms with Gasteiger partial charge in [-0.3, -0.25) is 0 Å². The molecule has 0 bridgehead atoms. The molecule has 1 aliphatic rings. The van der Waals surface area contributed by atoms with Crippen LogP contribution in [0.3, 0.4) is 0 Å². The minimum atomic E-state index is -0.396. The molecule has 0 aliphatic carbocycles. The van der Waals surface area contributed by atoms with Crippen molar-refractivity contribution in [2.75, 3.05) is 26.2 Å². The molecule has 0 saturated heterocycles. The van der Waals surface area contributed by atoms with Crippen LogP contribution in [0.2, 0.25) is 0 Å². The third kappa shape index (κ3) is 2.34. The van der Waals surface area contributed by atoms with E-state index in [9.17, 15) is 9.59 Å². The molecule has 2 aromatic rings. The van der Waals surface area contributed by atoms with E-state index in [4.69, 9.17) is 9.47 Å². The Bertz CT molecular complexity index is 732. The number of para-hydroxylation sites is 2. The van der Waals surface area contributed by atoms with Crippen LogP contribution < -0.4 is 4.90 Å². The molecule has 5 heteroatoms. The van der Waals surface area contributed by atoms with E-state index in [0.29, 0.717) is 17.5 Å². The maximum absolute atomic E-state index is 12.1. The molecule has 2 aromatic carbocycles. The number of hydrogen-bond acceptors (Lipinski definition) is 5. The molecule has 23 heavy (non-hydrogen) atoms. The summed E-state index contributed by atoms with van der Waals surface area (Å²) in [5.41, 5.74) is 4.54. The van der Waals surface area contributed by atoms with Crippen molar-refractivity contribution in [2.24, 2.45) is 0 Å². The second kappa shape index (κ2) is 5.76. The van der Waals surface area contributed by atoms with Crippen molar-refractivity contribution in [1.82, 2.24) is 0 Å². The second-order valence-corrected chi connectivity index (χ2v) is 5.35. The fourth-order valence-electron chi connectivity index (χ4n) is 3.13. The molecule has 1 heterocycles. The third-order valence-corrected chi connectivity index (χ3v) is 4.10. The van der Waals surface area contributed by atoms with Crippen LogP contribution in [0.1, 0.15) is 31.8 Å². The minimum Gasteiger partial charge on any atom is -0.465 e. The summed E-state index contributed by atoms with van der Waals surface area (Å²) in [6.45, 7) is 0. The maximum atomic E-state index is 12.1. The predicted molar refractivity (Wildman–Crippen MR) is 86.4 cm³/mol. The van der Waals surface area contributed by atoms with Gasteiger partial charge in [0.2, 0.25) is 0 Å². The molecule has 3 rings (SSSR count). The zero-order chi connectivity index (χ0) is 16.6. The van der Waals surface area contributed by atoms with Crippen LogP contribution in [0.25, 0.3) is 0 Å². The Balaban J connectivity index is 2.21. The highest BCUT2D eigenvalue weighted by molar-refractivity contribution is 6.03. The van der Waals surface area contributed by atoms with Crippen molar-refractivity contribution < 1.29 is 19.1 Å². The van der Waals surface area contributed by atoms with Crippen LogP contribution in [0.5, 0.6) is 0 Å². The van der Waals surface area contributed by atoms with Crippen molar-refractivity contribution in [2.45, 2.75) is 6.42 Å². The number of nitrogens with zero attached hydrogens (tertiary/aromatic N) is 1. The summed E-state index contributed by atoms with van der Waals surface area (Å²) in [6, 6.07) is 11.1. The molecular weight excluding hydrogens is 294 g/mol. The highest BCUT2D eigenvalue weighted by Gasteiger charge is 2.29. The summed E-state index contributed by atoms with van der Waals surface area (Å²) >= 11 is 0. The first-order chi connectivity index (χ1) is 11.1. The molecule has 1 aliphatic heterocycles. The smallest absolute Gasteiger partial charge is 0.339 e. The molecule has 0 aromatic heterocycles. The SMILES string of the molecule is COC(=O)c1cccc2c1N(C)c1c(cccc1C(=O)OC)C2. The third-order valence-electron chi connectivity index (χ3n) is 4.10. The maximum Gasteiger partial charge on any atom is 0.339 e. The average molecular weight is 311 g/mol. The van der Waals surface area contributed by atoms with Gasteiger partial charge in [0.05, 0.1) is 36.7 Å². The van der Waals surface area contributed by atoms with Gasteiger partial charge in [0.15, 0.2) is 0 Å². The Hall–Kier alpha value is -2.82. The summed E-state index contributed by atoms with van der Waals surface area (Å²) in [5, 5.41) is 0. The fourth-order valence-corrected chi connectivity index (χ4v) is 3.13. The summed E-state index contributed by atoms with van der Waals surface area (Å²) in [4.78, 5) is 26.0. The summed E-state index contributed by atoms with van der Waals surface area (Å²) in [6.07, 6.45) is 0.644. The van der Waals surface area contributed by atoms with Crippen molar-refractivity contribution in [3.8, 4) is 0 Å². The fraction of sp³-hybridized carbons (Fsp3) is 0.222. The van der Waals surface area contributed by atoms with Crippen LogP contribution >= 0.6 is 0 Å². The minimum absolute atomic E-state index is 0.396. The van der Waals surface area contributed by atoms with Crippen LogP contribution in [-0.4, -0.2) is 33.2 Å². The van der Waals surface area contributed by atoms with Crippen LogP contribution in [0.15, 0.2) is 36.4 Å². The van der Waals surface area contributed by atoms with Crippen molar-refractivity contribution in [3.05, 3.63) is 58.7 Å². The van der Waals surface area contributed by atoms with E-state index in [1.54, 1.807) is 12.1 Å². The largest absolute Gasteiger partial charge is 0.465 e. The van der Waals surface area contributed by atoms with Gasteiger partial charge in [-0.2, -0.15) is 0 Å². The molecule has 0 radical (unpaired) electrons. The van der Waals surface area contributed by atoms with E-state index in [1.807, 2.05) is 36.2 Å². The number of methoxy groups -OCH3 is 2. The van der Waals surface area contributed by atoms with Crippen LogP contribution in [0.4, 0.5) is 11.4 Å². The molecule has 5 nitrogen and oxygen atoms in total. The Labute approximate surface area is 134 Å². The number of carbonyl (C=O) groups excluding carboxylic acids is 2. The van der Waals surface area contributed by atoms with E-state index in [2.05, 4.69) is 0 Å². The Morgan fingerprint density at radius 1 is 0.870 bits per heavy atom. The molecule has 0 saturated carbocycles. The molecule has 0 unspecified atom stereocenters. The second-order valence-electron chi connectivity index (χ2n) is 5.35. The van der Waals surface area contributed by atoms with Gasteiger partial charge in [0.1, 0.15) is 0 Å². The van der Waals surface area contributed by atoms with Crippen LogP contribution in [0, 0.1) is 0 Å². The number of carbonyl (C=O) groups is 2. The summed E-state index contributed by atoms with van der Waals surface area (Å²) in [5.74, 6) is -0.791. The number of ether oxygens (including phenoxy) is 2. The van der Waals surface area contributed by atoms with Crippen LogP contribution in [-0.2, 0) is 15.9 Å². The van der Waals surface area contributed by atoms with E-state index in [1.165, 1.54) is 14.2 Å². The van der Waals surface area contributed by atoms with E-state index < -0.39 is 11.9 Å². The van der Waals surface area contributed by atoms with Crippen molar-refractivity contribution in [1.29, 1.82) is 0 Å². The van der Waals surface area contributed by atoms with Gasteiger partial charge < -0.3 is 14.4 Å². The van der Waals surface area contributed by atoms with Gasteiger partial charge in [-0.1, -0.05) is 24.3 Å². The zero-order valence-electron chi connectivity index (χ0n) is 13.3. The number of benzene rings is 2. The standard InChI is InChI=1S/C18H17NO4/c1-19-15-11(6-4-8-13(15)17(20)22-2)10-12-7-5-9-14(16(12)19)18(21)23-3/h4-9H,10H2,1-3H3. The van der Waals surface area contributed by atoms with Gasteiger partial charge in [-0.15, -0.1) is 0 Å². The van der Waals surface area contributed by atoms with E-state index in [0.717, 1.165) is 22.5 Å². The number of anilines is 2. The van der Waals surface area contributed by atoms with E-state index in [-0.39, 0.29) is 0 Å². The molecule has 0 amide bonds. The average Bonchev–Trinajstić information content (AvgIpc) is 2.59. The Morgan fingerprint density at radius 3 is 1.70 bits per heavy atom. The lowest BCUT2D eigenvalue weighted by Gasteiger charge is -2.32. The molecule has 0 atom stereocenters. The van der Waals surface area contributed by atoms with Gasteiger partial charge >= 0.3 is 11.9 Å². The lowest BCUT2D eigenvalue weighted by atomic mass is 9.91. The first-order valence-electron chi connectivity index (χ1n) is 7.22. The van der Waals surface area contributed by atoms with Gasteiger partial charge in [0, 0.05) is 13.5 Å². The van der Waals surface area contributed by atoms with Crippen molar-refractivity contribution >= 4 is 23.3 Å². The number of esters is 2. The highest BCUT2D eigenvalue weighted by atomic mass is 16.5. The Kier molecular flexibility index (Phi) is 3.78. The number of hydrogen-bond donors (Lipinski definition) is 0. The molecular formula is C18H17NO4. The zero-order valence-corrected chi connectivity index (χ0v) is 13.3. The first-order valence-corrected chi connectivity index (χ1v) is 7.22. The van der Waals surface area contributed by atoms with Crippen molar-refractivity contribution in [3.63, 3.8) is 0 Å². The molecule has 0 spiro atoms. The Morgan fingerprint density at radius 2 is 1.30 bits per heavy atom. The van der Waals surface area contributed by atoms with E-state index >= 15 is 0 Å². The lowest BCUT2D eigenvalue weighted by molar-refractivity contribution is 0.0594. The number of rotatable bonds is 2. The van der Waals surface area contributed by atoms with Gasteiger partial charge in [0.25, 0.3) is 0 Å². The predicted octanol–water partition coefficient (Wildman–Crippen LogP) is 2.93. The molecule has 0 N–H and O–H groups in total. The molecule has 0 fully saturated rings. The monoisotopic (exact) mass is 311 g/mol. The lowest BCUT2D eigenvalue weighted by Crippen LogP contribution is -2.24. The molecule has 118 valence electrons. The normalized spacial score (nSPS) is 12.2. The number of fused-ring (bicyclic) bond motifs is 2. The van der Waals surface area contributed by atoms with Gasteiger partial charge in [-0.25, -0.2) is 9.59 Å². The highest BCUT2D eigenvalue weighted by Crippen LogP contribution is 2.41. The topological polar surface area (TPSA) is 55.8 Å². The summed E-state index contributed by atoms with van der Waals surface area (Å²) in [7, 11) is 4.56. The van der Waals surface area contributed by atoms with Gasteiger partial charge in [-0.05, 0) is 23.3 Å². The quantitative estimate of drug-likeness (QED) is 0.798. The first kappa shape index (κ1) is 15.1. The summed E-state index contributed by atoms with van der Waals surface area (Å²) < 4.78 is 9.76.